The Morgan fingerprint density at radius 1 is 1.14 bits per heavy atom. The molecule has 0 saturated carbocycles. The van der Waals surface area contributed by atoms with Gasteiger partial charge in [-0.05, 0) is 35.4 Å². The average Bonchev–Trinajstić information content (AvgIpc) is 3.13. The Morgan fingerprint density at radius 3 is 2.64 bits per heavy atom. The van der Waals surface area contributed by atoms with Gasteiger partial charge in [-0.25, -0.2) is 0 Å². The van der Waals surface area contributed by atoms with Crippen LogP contribution in [0.25, 0.3) is 0 Å². The summed E-state index contributed by atoms with van der Waals surface area (Å²) >= 11 is 0. The number of methoxy groups -OCH3 is 1. The molecule has 2 aromatic carbocycles. The summed E-state index contributed by atoms with van der Waals surface area (Å²) < 4.78 is 11.0. The molecule has 0 bridgehead atoms. The monoisotopic (exact) mass is 380 g/mol. The summed E-state index contributed by atoms with van der Waals surface area (Å²) in [4.78, 5) is 26.6. The molecule has 146 valence electrons. The normalized spacial score (nSPS) is 21.3. The predicted octanol–water partition coefficient (Wildman–Crippen LogP) is 2.31. The number of hydrogen-bond donors (Lipinski definition) is 1. The van der Waals surface area contributed by atoms with E-state index in [1.54, 1.807) is 12.0 Å². The van der Waals surface area contributed by atoms with Crippen molar-refractivity contribution in [3.05, 3.63) is 59.7 Å². The topological polar surface area (TPSA) is 67.9 Å². The molecule has 2 unspecified atom stereocenters. The molecule has 1 fully saturated rings. The Kier molecular flexibility index (Phi) is 5.30. The summed E-state index contributed by atoms with van der Waals surface area (Å²) in [6.07, 6.45) is 0.984. The van der Waals surface area contributed by atoms with Gasteiger partial charge >= 0.3 is 0 Å². The van der Waals surface area contributed by atoms with Gasteiger partial charge in [0.2, 0.25) is 11.8 Å². The summed E-state index contributed by atoms with van der Waals surface area (Å²) in [6, 6.07) is 15.5. The number of rotatable bonds is 5. The third-order valence-corrected chi connectivity index (χ3v) is 5.42. The van der Waals surface area contributed by atoms with Gasteiger partial charge in [-0.1, -0.05) is 24.3 Å². The van der Waals surface area contributed by atoms with E-state index < -0.39 is 0 Å². The summed E-state index contributed by atoms with van der Waals surface area (Å²) in [5.41, 5.74) is 3.27. The number of carbonyl (C=O) groups excluding carboxylic acids is 2. The number of ether oxygens (including phenoxy) is 2. The highest BCUT2D eigenvalue weighted by Gasteiger charge is 2.35. The summed E-state index contributed by atoms with van der Waals surface area (Å²) in [7, 11) is 1.60. The number of amides is 2. The van der Waals surface area contributed by atoms with Crippen LogP contribution < -0.4 is 15.0 Å². The molecule has 2 amide bonds. The standard InChI is InChI=1S/C22H24N2O4/c1-27-19-8-6-18(7-9-19)24-13-17(11-21(24)25)22(26)23-12-20-10-15-4-2-3-5-16(15)14-28-20/h2-9,17,20H,10-14H2,1H3,(H,23,26). The van der Waals surface area contributed by atoms with E-state index >= 15 is 0 Å². The highest BCUT2D eigenvalue weighted by molar-refractivity contribution is 6.00. The SMILES string of the molecule is COc1ccc(N2CC(C(=O)NCC3Cc4ccccc4CO3)CC2=O)cc1. The van der Waals surface area contributed by atoms with Crippen LogP contribution in [0.3, 0.4) is 0 Å². The Hall–Kier alpha value is -2.86. The Morgan fingerprint density at radius 2 is 1.89 bits per heavy atom. The van der Waals surface area contributed by atoms with Crippen molar-refractivity contribution in [3.8, 4) is 5.75 Å². The van der Waals surface area contributed by atoms with Crippen LogP contribution in [0.2, 0.25) is 0 Å². The number of benzene rings is 2. The van der Waals surface area contributed by atoms with Crippen molar-refractivity contribution >= 4 is 17.5 Å². The lowest BCUT2D eigenvalue weighted by Gasteiger charge is -2.26. The molecule has 1 N–H and O–H groups in total. The largest absolute Gasteiger partial charge is 0.497 e. The third kappa shape index (κ3) is 3.87. The summed E-state index contributed by atoms with van der Waals surface area (Å²) in [6.45, 7) is 1.43. The number of hydrogen-bond acceptors (Lipinski definition) is 4. The van der Waals surface area contributed by atoms with Gasteiger partial charge in [0, 0.05) is 31.6 Å². The number of fused-ring (bicyclic) bond motifs is 1. The van der Waals surface area contributed by atoms with Crippen LogP contribution in [0.5, 0.6) is 5.75 Å². The van der Waals surface area contributed by atoms with Crippen LogP contribution in [0.1, 0.15) is 17.5 Å². The zero-order valence-electron chi connectivity index (χ0n) is 15.9. The van der Waals surface area contributed by atoms with Crippen molar-refractivity contribution in [2.24, 2.45) is 5.92 Å². The summed E-state index contributed by atoms with van der Waals surface area (Å²) in [5, 5.41) is 2.97. The average molecular weight is 380 g/mol. The van der Waals surface area contributed by atoms with E-state index in [0.29, 0.717) is 19.7 Å². The Labute approximate surface area is 164 Å². The molecule has 2 aliphatic heterocycles. The van der Waals surface area contributed by atoms with Gasteiger partial charge < -0.3 is 19.7 Å². The minimum atomic E-state index is -0.342. The van der Waals surface area contributed by atoms with Crippen molar-refractivity contribution in [2.45, 2.75) is 25.6 Å². The maximum absolute atomic E-state index is 12.6. The first-order valence-corrected chi connectivity index (χ1v) is 9.54. The maximum atomic E-state index is 12.6. The Bertz CT molecular complexity index is 865. The van der Waals surface area contributed by atoms with Gasteiger partial charge in [-0.2, -0.15) is 0 Å². The fourth-order valence-electron chi connectivity index (χ4n) is 3.79. The smallest absolute Gasteiger partial charge is 0.227 e. The molecule has 0 aliphatic carbocycles. The van der Waals surface area contributed by atoms with Crippen LogP contribution in [0.4, 0.5) is 5.69 Å². The lowest BCUT2D eigenvalue weighted by atomic mass is 9.99. The fourth-order valence-corrected chi connectivity index (χ4v) is 3.79. The van der Waals surface area contributed by atoms with Crippen LogP contribution in [-0.2, 0) is 27.4 Å². The van der Waals surface area contributed by atoms with Crippen molar-refractivity contribution in [3.63, 3.8) is 0 Å². The van der Waals surface area contributed by atoms with Crippen molar-refractivity contribution in [2.75, 3.05) is 25.1 Å². The molecule has 0 radical (unpaired) electrons. The quantitative estimate of drug-likeness (QED) is 0.864. The third-order valence-electron chi connectivity index (χ3n) is 5.42. The Balaban J connectivity index is 1.31. The molecular formula is C22H24N2O4. The molecule has 4 rings (SSSR count). The number of anilines is 1. The first-order chi connectivity index (χ1) is 13.6. The molecule has 2 heterocycles. The minimum Gasteiger partial charge on any atom is -0.497 e. The first-order valence-electron chi connectivity index (χ1n) is 9.54. The van der Waals surface area contributed by atoms with Gasteiger partial charge in [0.15, 0.2) is 0 Å². The number of nitrogens with zero attached hydrogens (tertiary/aromatic N) is 1. The van der Waals surface area contributed by atoms with E-state index in [9.17, 15) is 9.59 Å². The lowest BCUT2D eigenvalue weighted by Crippen LogP contribution is -2.40. The van der Waals surface area contributed by atoms with E-state index in [1.807, 2.05) is 36.4 Å². The molecule has 2 atom stereocenters. The van der Waals surface area contributed by atoms with Crippen molar-refractivity contribution in [1.82, 2.24) is 5.32 Å². The molecular weight excluding hydrogens is 356 g/mol. The van der Waals surface area contributed by atoms with Gasteiger partial charge in [0.05, 0.1) is 25.7 Å². The second kappa shape index (κ2) is 8.02. The number of nitrogens with one attached hydrogen (secondary N) is 1. The lowest BCUT2D eigenvalue weighted by molar-refractivity contribution is -0.127. The van der Waals surface area contributed by atoms with Crippen LogP contribution in [0, 0.1) is 5.92 Å². The molecule has 0 aromatic heterocycles. The zero-order chi connectivity index (χ0) is 19.5. The van der Waals surface area contributed by atoms with Gasteiger partial charge in [-0.3, -0.25) is 9.59 Å². The van der Waals surface area contributed by atoms with E-state index in [4.69, 9.17) is 9.47 Å². The second-order valence-corrected chi connectivity index (χ2v) is 7.25. The molecule has 6 heteroatoms. The van der Waals surface area contributed by atoms with Crippen molar-refractivity contribution in [1.29, 1.82) is 0 Å². The minimum absolute atomic E-state index is 0.0337. The second-order valence-electron chi connectivity index (χ2n) is 7.25. The van der Waals surface area contributed by atoms with Crippen molar-refractivity contribution < 1.29 is 19.1 Å². The van der Waals surface area contributed by atoms with E-state index in [1.165, 1.54) is 11.1 Å². The predicted molar refractivity (Wildman–Crippen MR) is 105 cm³/mol. The van der Waals surface area contributed by atoms with Gasteiger partial charge in [0.1, 0.15) is 5.75 Å². The van der Waals surface area contributed by atoms with Gasteiger partial charge in [-0.15, -0.1) is 0 Å². The molecule has 28 heavy (non-hydrogen) atoms. The highest BCUT2D eigenvalue weighted by Crippen LogP contribution is 2.27. The van der Waals surface area contributed by atoms with Crippen LogP contribution >= 0.6 is 0 Å². The molecule has 0 spiro atoms. The van der Waals surface area contributed by atoms with E-state index in [-0.39, 0.29) is 30.3 Å². The zero-order valence-corrected chi connectivity index (χ0v) is 15.9. The van der Waals surface area contributed by atoms with Crippen LogP contribution in [0.15, 0.2) is 48.5 Å². The molecule has 2 aliphatic rings. The molecule has 1 saturated heterocycles. The molecule has 6 nitrogen and oxygen atoms in total. The number of carbonyl (C=O) groups is 2. The molecule has 2 aromatic rings. The van der Waals surface area contributed by atoms with E-state index in [0.717, 1.165) is 17.9 Å². The maximum Gasteiger partial charge on any atom is 0.227 e. The highest BCUT2D eigenvalue weighted by atomic mass is 16.5. The van der Waals surface area contributed by atoms with Crippen LogP contribution in [-0.4, -0.2) is 38.1 Å². The van der Waals surface area contributed by atoms with E-state index in [2.05, 4.69) is 17.4 Å². The first kappa shape index (κ1) is 18.5. The van der Waals surface area contributed by atoms with Gasteiger partial charge in [0.25, 0.3) is 0 Å². The summed E-state index contributed by atoms with van der Waals surface area (Å²) in [5.74, 6) is 0.268. The fraction of sp³-hybridized carbons (Fsp3) is 0.364.